The van der Waals surface area contributed by atoms with Gasteiger partial charge in [-0.1, -0.05) is 60.7 Å². The second kappa shape index (κ2) is 6.15. The van der Waals surface area contributed by atoms with Gasteiger partial charge in [-0.2, -0.15) is 0 Å². The van der Waals surface area contributed by atoms with Crippen molar-refractivity contribution in [1.82, 2.24) is 0 Å². The maximum absolute atomic E-state index is 7.67. The number of aryl methyl sites for hydroxylation is 2. The highest BCUT2D eigenvalue weighted by Gasteiger charge is 2.78. The first-order valence-electron chi connectivity index (χ1n) is 11.8. The van der Waals surface area contributed by atoms with Gasteiger partial charge in [0.1, 0.15) is 11.2 Å². The van der Waals surface area contributed by atoms with Crippen LogP contribution in [-0.4, -0.2) is 0 Å². The Morgan fingerprint density at radius 3 is 1.64 bits per heavy atom. The summed E-state index contributed by atoms with van der Waals surface area (Å²) in [5, 5.41) is 2.84. The molecule has 2 fully saturated rings. The zero-order valence-electron chi connectivity index (χ0n) is 18.6. The number of ether oxygens (including phenoxy) is 1. The van der Waals surface area contributed by atoms with Gasteiger partial charge < -0.3 is 4.74 Å². The molecule has 0 radical (unpaired) electrons. The van der Waals surface area contributed by atoms with Gasteiger partial charge in [0, 0.05) is 43.2 Å². The number of rotatable bonds is 2. The lowest BCUT2D eigenvalue weighted by atomic mass is 9.55. The second-order valence-corrected chi connectivity index (χ2v) is 12.7. The zero-order chi connectivity index (χ0) is 21.9. The van der Waals surface area contributed by atoms with E-state index in [0.717, 1.165) is 0 Å². The summed E-state index contributed by atoms with van der Waals surface area (Å²) in [6, 6.07) is 23.1. The van der Waals surface area contributed by atoms with E-state index in [9.17, 15) is 0 Å². The largest absolute Gasteiger partial charge is 0.355 e. The van der Waals surface area contributed by atoms with Crippen molar-refractivity contribution in [2.45, 2.75) is 36.9 Å². The zero-order valence-corrected chi connectivity index (χ0v) is 20.3. The minimum Gasteiger partial charge on any atom is -0.355 e. The van der Waals surface area contributed by atoms with Crippen LogP contribution < -0.4 is 0 Å². The Labute approximate surface area is 202 Å². The van der Waals surface area contributed by atoms with Crippen LogP contribution >= 0.6 is 22.7 Å². The van der Waals surface area contributed by atoms with Crippen molar-refractivity contribution < 1.29 is 4.74 Å². The predicted octanol–water partition coefficient (Wildman–Crippen LogP) is 7.95. The maximum atomic E-state index is 7.67. The molecular weight excluding hydrogens is 440 g/mol. The Hall–Kier alpha value is -2.46. The molecule has 33 heavy (non-hydrogen) atoms. The third kappa shape index (κ3) is 2.05. The highest BCUT2D eigenvalue weighted by Crippen LogP contribution is 2.80. The van der Waals surface area contributed by atoms with Crippen molar-refractivity contribution in [3.63, 3.8) is 0 Å². The van der Waals surface area contributed by atoms with Gasteiger partial charge >= 0.3 is 0 Å². The van der Waals surface area contributed by atoms with Crippen molar-refractivity contribution >= 4 is 33.4 Å². The Morgan fingerprint density at radius 2 is 1.18 bits per heavy atom. The molecular formula is C30H24OS2. The van der Waals surface area contributed by atoms with E-state index in [2.05, 4.69) is 98.8 Å². The molecule has 0 spiro atoms. The van der Waals surface area contributed by atoms with E-state index in [4.69, 9.17) is 4.74 Å². The first kappa shape index (κ1) is 18.9. The van der Waals surface area contributed by atoms with Gasteiger partial charge in [0.05, 0.1) is 0 Å². The fourth-order valence-corrected chi connectivity index (χ4v) is 9.81. The van der Waals surface area contributed by atoms with Crippen molar-refractivity contribution in [2.75, 3.05) is 0 Å². The highest BCUT2D eigenvalue weighted by molar-refractivity contribution is 7.12. The minimum atomic E-state index is -0.347. The summed E-state index contributed by atoms with van der Waals surface area (Å²) in [6.07, 6.45) is 9.39. The molecule has 2 aromatic heterocycles. The van der Waals surface area contributed by atoms with E-state index < -0.39 is 0 Å². The van der Waals surface area contributed by atoms with E-state index in [-0.39, 0.29) is 11.2 Å². The Bertz CT molecular complexity index is 1410. The lowest BCUT2D eigenvalue weighted by molar-refractivity contribution is -0.0699. The van der Waals surface area contributed by atoms with Crippen LogP contribution in [0.25, 0.3) is 10.8 Å². The smallest absolute Gasteiger partial charge is 0.118 e. The van der Waals surface area contributed by atoms with Crippen LogP contribution in [0.5, 0.6) is 0 Å². The van der Waals surface area contributed by atoms with Crippen LogP contribution in [0.4, 0.5) is 0 Å². The topological polar surface area (TPSA) is 9.23 Å². The number of benzene rings is 2. The van der Waals surface area contributed by atoms with Crippen molar-refractivity contribution in [2.24, 2.45) is 11.8 Å². The van der Waals surface area contributed by atoms with Gasteiger partial charge in [-0.25, -0.2) is 0 Å². The first-order valence-corrected chi connectivity index (χ1v) is 13.5. The summed E-state index contributed by atoms with van der Waals surface area (Å²) in [7, 11) is 0. The number of hydrogen-bond donors (Lipinski definition) is 0. The first-order chi connectivity index (χ1) is 16.1. The molecule has 2 saturated heterocycles. The van der Waals surface area contributed by atoms with Crippen molar-refractivity contribution in [3.8, 4) is 0 Å². The highest BCUT2D eigenvalue weighted by atomic mass is 32.1. The van der Waals surface area contributed by atoms with Gasteiger partial charge in [0.15, 0.2) is 0 Å². The quantitative estimate of drug-likeness (QED) is 0.292. The lowest BCUT2D eigenvalue weighted by Crippen LogP contribution is -2.45. The van der Waals surface area contributed by atoms with Gasteiger partial charge in [0.2, 0.25) is 0 Å². The number of allylic oxidation sites excluding steroid dienone is 2. The molecule has 162 valence electrons. The molecule has 0 N–H and O–H groups in total. The molecule has 4 aromatic rings. The molecule has 0 saturated carbocycles. The minimum absolute atomic E-state index is 0.316. The molecule has 0 amide bonds. The fourth-order valence-electron chi connectivity index (χ4n) is 7.64. The number of hydrogen-bond acceptors (Lipinski definition) is 3. The molecule has 6 unspecified atom stereocenters. The molecule has 3 heteroatoms. The third-order valence-electron chi connectivity index (χ3n) is 8.61. The van der Waals surface area contributed by atoms with Gasteiger partial charge in [-0.05, 0) is 60.0 Å². The van der Waals surface area contributed by atoms with Gasteiger partial charge in [-0.3, -0.25) is 0 Å². The summed E-state index contributed by atoms with van der Waals surface area (Å²) in [5.41, 5.74) is 2.27. The van der Waals surface area contributed by atoms with Crippen LogP contribution in [0, 0.1) is 25.7 Å². The summed E-state index contributed by atoms with van der Waals surface area (Å²) >= 11 is 3.86. The average molecular weight is 465 g/mol. The standard InChI is InChI=1S/C30H24OS2/c1-17-13-15-24(32-17)29-22-11-3-4-12-23(22)30(31-29,25-16-14-18(2)33-25)28-21-10-6-8-19-7-5-9-20(26(19)21)27(28)29/h3-16,22-23,27-28H,1-2H3. The van der Waals surface area contributed by atoms with Crippen LogP contribution in [0.3, 0.4) is 0 Å². The van der Waals surface area contributed by atoms with Crippen LogP contribution in [0.15, 0.2) is 85.0 Å². The Balaban J connectivity index is 1.52. The van der Waals surface area contributed by atoms with E-state index in [1.165, 1.54) is 41.4 Å². The van der Waals surface area contributed by atoms with E-state index in [0.29, 0.717) is 23.7 Å². The van der Waals surface area contributed by atoms with Crippen LogP contribution in [0.1, 0.15) is 42.5 Å². The molecule has 2 aromatic carbocycles. The van der Waals surface area contributed by atoms with Crippen LogP contribution in [0.2, 0.25) is 0 Å². The summed E-state index contributed by atoms with van der Waals surface area (Å²) < 4.78 is 7.67. The molecule has 6 atom stereocenters. The monoisotopic (exact) mass is 464 g/mol. The van der Waals surface area contributed by atoms with Gasteiger partial charge in [-0.15, -0.1) is 22.7 Å². The number of fused-ring (bicyclic) bond motifs is 10. The average Bonchev–Trinajstić information content (AvgIpc) is 3.63. The van der Waals surface area contributed by atoms with Gasteiger partial charge in [0.25, 0.3) is 0 Å². The number of thiophene rings is 2. The van der Waals surface area contributed by atoms with E-state index in [1.54, 1.807) is 0 Å². The Morgan fingerprint density at radius 1 is 0.667 bits per heavy atom. The van der Waals surface area contributed by atoms with E-state index in [1.807, 2.05) is 22.7 Å². The molecule has 4 heterocycles. The summed E-state index contributed by atoms with van der Waals surface area (Å²) in [4.78, 5) is 5.50. The fraction of sp³-hybridized carbons (Fsp3) is 0.267. The van der Waals surface area contributed by atoms with E-state index >= 15 is 0 Å². The summed E-state index contributed by atoms with van der Waals surface area (Å²) in [5.74, 6) is 1.29. The molecule has 8 rings (SSSR count). The predicted molar refractivity (Wildman–Crippen MR) is 137 cm³/mol. The molecule has 1 nitrogen and oxygen atoms in total. The molecule has 2 bridgehead atoms. The molecule has 2 aliphatic heterocycles. The second-order valence-electron chi connectivity index (χ2n) is 10.1. The SMILES string of the molecule is Cc1ccc(C23OC(c4ccc(C)s4)(C4C=CC=CC42)C2c4cccc5cccc(c45)C23)s1. The lowest BCUT2D eigenvalue weighted by Gasteiger charge is -2.45. The normalized spacial score (nSPS) is 34.8. The van der Waals surface area contributed by atoms with Crippen LogP contribution in [-0.2, 0) is 15.9 Å². The third-order valence-corrected chi connectivity index (χ3v) is 10.9. The molecule has 2 aliphatic carbocycles. The Kier molecular flexibility index (Phi) is 3.53. The maximum Gasteiger partial charge on any atom is 0.118 e. The van der Waals surface area contributed by atoms with Crippen molar-refractivity contribution in [1.29, 1.82) is 0 Å². The summed E-state index contributed by atoms with van der Waals surface area (Å²) in [6.45, 7) is 4.45. The van der Waals surface area contributed by atoms with Crippen molar-refractivity contribution in [3.05, 3.63) is 116 Å². The molecule has 4 aliphatic rings.